The molecular formula is C15H14BrN3. The largest absolute Gasteiger partial charge is 0.369 e. The summed E-state index contributed by atoms with van der Waals surface area (Å²) in [6, 6.07) is 12.3. The van der Waals surface area contributed by atoms with E-state index in [9.17, 15) is 0 Å². The summed E-state index contributed by atoms with van der Waals surface area (Å²) in [6.45, 7) is 4.14. The summed E-state index contributed by atoms with van der Waals surface area (Å²) >= 11 is 3.61. The molecule has 0 aliphatic rings. The highest BCUT2D eigenvalue weighted by atomic mass is 79.9. The topological polar surface area (TPSA) is 43.8 Å². The Morgan fingerprint density at radius 3 is 2.68 bits per heavy atom. The first-order valence-corrected chi connectivity index (χ1v) is 6.87. The summed E-state index contributed by atoms with van der Waals surface area (Å²) < 4.78 is 3.01. The summed E-state index contributed by atoms with van der Waals surface area (Å²) in [4.78, 5) is 4.43. The van der Waals surface area contributed by atoms with E-state index in [4.69, 9.17) is 5.73 Å². The standard InChI is InChI=1S/C15H14BrN3/c1-9-6-7-13(11(16)8-9)19-14-10(2)4-3-5-12(14)18-15(19)17/h3-8H,1-2H3,(H2,17,18). The monoisotopic (exact) mass is 315 g/mol. The van der Waals surface area contributed by atoms with Crippen molar-refractivity contribution in [1.29, 1.82) is 0 Å². The zero-order chi connectivity index (χ0) is 13.6. The van der Waals surface area contributed by atoms with Crippen LogP contribution in [-0.4, -0.2) is 9.55 Å². The summed E-state index contributed by atoms with van der Waals surface area (Å²) in [7, 11) is 0. The summed E-state index contributed by atoms with van der Waals surface area (Å²) in [5, 5.41) is 0. The fourth-order valence-corrected chi connectivity index (χ4v) is 3.02. The molecule has 3 aromatic rings. The lowest BCUT2D eigenvalue weighted by atomic mass is 10.2. The number of aromatic nitrogens is 2. The van der Waals surface area contributed by atoms with Crippen LogP contribution in [0.4, 0.5) is 5.95 Å². The van der Waals surface area contributed by atoms with Gasteiger partial charge in [0, 0.05) is 4.47 Å². The van der Waals surface area contributed by atoms with Crippen molar-refractivity contribution in [2.45, 2.75) is 13.8 Å². The van der Waals surface area contributed by atoms with Gasteiger partial charge in [0.1, 0.15) is 0 Å². The first-order chi connectivity index (χ1) is 9.08. The number of anilines is 1. The Balaban J connectivity index is 2.39. The Hall–Kier alpha value is -1.81. The van der Waals surface area contributed by atoms with Gasteiger partial charge in [-0.3, -0.25) is 4.57 Å². The van der Waals surface area contributed by atoms with Crippen molar-refractivity contribution in [3.05, 3.63) is 52.0 Å². The number of hydrogen-bond acceptors (Lipinski definition) is 2. The molecule has 1 aromatic heterocycles. The number of benzene rings is 2. The van der Waals surface area contributed by atoms with Gasteiger partial charge in [0.2, 0.25) is 5.95 Å². The SMILES string of the molecule is Cc1ccc(-n2c(N)nc3cccc(C)c32)c(Br)c1. The van der Waals surface area contributed by atoms with Gasteiger partial charge >= 0.3 is 0 Å². The Morgan fingerprint density at radius 2 is 1.95 bits per heavy atom. The highest BCUT2D eigenvalue weighted by Gasteiger charge is 2.13. The predicted octanol–water partition coefficient (Wildman–Crippen LogP) is 3.99. The number of hydrogen-bond donors (Lipinski definition) is 1. The Labute approximate surface area is 120 Å². The highest BCUT2D eigenvalue weighted by molar-refractivity contribution is 9.10. The zero-order valence-electron chi connectivity index (χ0n) is 10.8. The second kappa shape index (κ2) is 4.38. The molecule has 0 aliphatic heterocycles. The van der Waals surface area contributed by atoms with E-state index in [1.54, 1.807) is 0 Å². The molecule has 1 heterocycles. The normalized spacial score (nSPS) is 11.1. The molecule has 0 radical (unpaired) electrons. The summed E-state index contributed by atoms with van der Waals surface area (Å²) in [5.74, 6) is 0.508. The van der Waals surface area contributed by atoms with Crippen LogP contribution in [0.5, 0.6) is 0 Å². The van der Waals surface area contributed by atoms with E-state index >= 15 is 0 Å². The third-order valence-corrected chi connectivity index (χ3v) is 3.88. The minimum Gasteiger partial charge on any atom is -0.369 e. The van der Waals surface area contributed by atoms with E-state index in [2.05, 4.69) is 59.0 Å². The molecule has 0 saturated carbocycles. The van der Waals surface area contributed by atoms with Crippen molar-refractivity contribution < 1.29 is 0 Å². The molecule has 0 unspecified atom stereocenters. The lowest BCUT2D eigenvalue weighted by Gasteiger charge is -2.11. The number of nitrogens with zero attached hydrogens (tertiary/aromatic N) is 2. The fourth-order valence-electron chi connectivity index (χ4n) is 2.35. The number of aryl methyl sites for hydroxylation is 2. The molecule has 2 aromatic carbocycles. The minimum atomic E-state index is 0.508. The maximum Gasteiger partial charge on any atom is 0.205 e. The zero-order valence-corrected chi connectivity index (χ0v) is 12.4. The van der Waals surface area contributed by atoms with E-state index < -0.39 is 0 Å². The van der Waals surface area contributed by atoms with Gasteiger partial charge in [-0.1, -0.05) is 18.2 Å². The van der Waals surface area contributed by atoms with E-state index in [1.165, 1.54) is 5.56 Å². The van der Waals surface area contributed by atoms with Crippen LogP contribution < -0.4 is 5.73 Å². The van der Waals surface area contributed by atoms with Crippen LogP contribution in [0.1, 0.15) is 11.1 Å². The molecule has 3 nitrogen and oxygen atoms in total. The van der Waals surface area contributed by atoms with Crippen molar-refractivity contribution in [3.8, 4) is 5.69 Å². The Kier molecular flexibility index (Phi) is 2.82. The molecule has 19 heavy (non-hydrogen) atoms. The molecule has 0 spiro atoms. The molecule has 3 rings (SSSR count). The number of fused-ring (bicyclic) bond motifs is 1. The van der Waals surface area contributed by atoms with Crippen molar-refractivity contribution in [2.75, 3.05) is 5.73 Å². The molecule has 2 N–H and O–H groups in total. The molecule has 0 aliphatic carbocycles. The molecule has 0 bridgehead atoms. The number of nitrogen functional groups attached to an aromatic ring is 1. The summed E-state index contributed by atoms with van der Waals surface area (Å²) in [5.41, 5.74) is 11.5. The third-order valence-electron chi connectivity index (χ3n) is 3.25. The van der Waals surface area contributed by atoms with Crippen LogP contribution in [0.3, 0.4) is 0 Å². The van der Waals surface area contributed by atoms with Crippen molar-refractivity contribution >= 4 is 32.9 Å². The molecule has 0 atom stereocenters. The van der Waals surface area contributed by atoms with Crippen LogP contribution in [0.25, 0.3) is 16.7 Å². The van der Waals surface area contributed by atoms with Crippen molar-refractivity contribution in [1.82, 2.24) is 9.55 Å². The van der Waals surface area contributed by atoms with Crippen LogP contribution in [-0.2, 0) is 0 Å². The van der Waals surface area contributed by atoms with Crippen LogP contribution in [0, 0.1) is 13.8 Å². The molecule has 0 fully saturated rings. The van der Waals surface area contributed by atoms with Crippen LogP contribution >= 0.6 is 15.9 Å². The van der Waals surface area contributed by atoms with Crippen LogP contribution in [0.2, 0.25) is 0 Å². The minimum absolute atomic E-state index is 0.508. The maximum atomic E-state index is 6.09. The molecule has 96 valence electrons. The van der Waals surface area contributed by atoms with Gasteiger partial charge in [-0.15, -0.1) is 0 Å². The van der Waals surface area contributed by atoms with Gasteiger partial charge in [0.15, 0.2) is 0 Å². The average molecular weight is 316 g/mol. The number of para-hydroxylation sites is 1. The fraction of sp³-hybridized carbons (Fsp3) is 0.133. The smallest absolute Gasteiger partial charge is 0.205 e. The van der Waals surface area contributed by atoms with Gasteiger partial charge in [0.25, 0.3) is 0 Å². The molecular weight excluding hydrogens is 302 g/mol. The maximum absolute atomic E-state index is 6.09. The number of rotatable bonds is 1. The quantitative estimate of drug-likeness (QED) is 0.738. The second-order valence-electron chi connectivity index (χ2n) is 4.70. The first kappa shape index (κ1) is 12.2. The van der Waals surface area contributed by atoms with E-state index in [0.29, 0.717) is 5.95 Å². The van der Waals surface area contributed by atoms with Gasteiger partial charge in [-0.2, -0.15) is 0 Å². The Bertz CT molecular complexity index is 774. The number of imidazole rings is 1. The number of halogens is 1. The highest BCUT2D eigenvalue weighted by Crippen LogP contribution is 2.30. The van der Waals surface area contributed by atoms with Crippen LogP contribution in [0.15, 0.2) is 40.9 Å². The molecule has 0 saturated heterocycles. The van der Waals surface area contributed by atoms with Gasteiger partial charge in [0.05, 0.1) is 16.7 Å². The van der Waals surface area contributed by atoms with E-state index in [-0.39, 0.29) is 0 Å². The molecule has 4 heteroatoms. The second-order valence-corrected chi connectivity index (χ2v) is 5.56. The van der Waals surface area contributed by atoms with Gasteiger partial charge in [-0.25, -0.2) is 4.98 Å². The van der Waals surface area contributed by atoms with E-state index in [0.717, 1.165) is 26.8 Å². The van der Waals surface area contributed by atoms with Crippen molar-refractivity contribution in [2.24, 2.45) is 0 Å². The first-order valence-electron chi connectivity index (χ1n) is 6.08. The lowest BCUT2D eigenvalue weighted by molar-refractivity contribution is 1.09. The van der Waals surface area contributed by atoms with Gasteiger partial charge in [-0.05, 0) is 59.1 Å². The lowest BCUT2D eigenvalue weighted by Crippen LogP contribution is -2.02. The predicted molar refractivity (Wildman–Crippen MR) is 82.7 cm³/mol. The van der Waals surface area contributed by atoms with Gasteiger partial charge < -0.3 is 5.73 Å². The van der Waals surface area contributed by atoms with E-state index in [1.807, 2.05) is 16.7 Å². The van der Waals surface area contributed by atoms with Crippen molar-refractivity contribution in [3.63, 3.8) is 0 Å². The Morgan fingerprint density at radius 1 is 1.16 bits per heavy atom. The number of nitrogens with two attached hydrogens (primary N) is 1. The molecule has 0 amide bonds. The third kappa shape index (κ3) is 1.92. The average Bonchev–Trinajstić information content (AvgIpc) is 2.67. The summed E-state index contributed by atoms with van der Waals surface area (Å²) in [6.07, 6.45) is 0.